The largest absolute Gasteiger partial charge is 0.536 e. The highest BCUT2D eigenvalue weighted by molar-refractivity contribution is 6.47. The maximum Gasteiger partial charge on any atom is 0.526 e. The molecule has 1 aromatic carbocycles. The van der Waals surface area contributed by atoms with Crippen LogP contribution in [0.1, 0.15) is 33.7 Å². The Morgan fingerprint density at radius 3 is 2.96 bits per heavy atom. The lowest BCUT2D eigenvalue weighted by atomic mass is 9.64. The predicted octanol–water partition coefficient (Wildman–Crippen LogP) is 1.91. The van der Waals surface area contributed by atoms with Crippen LogP contribution in [-0.2, 0) is 13.0 Å². The standard InChI is InChI=1S/C17H19BN2O3/c1-11-4-2-5-12-8-13(18(22)23-17(11)12)9-16(21)15-7-3-6-14(10-19)20-15/h2-7,13,22H,8-10,19H2,1H3. The molecular formula is C17H19BN2O3. The summed E-state index contributed by atoms with van der Waals surface area (Å²) in [5.41, 5.74) is 8.64. The number of carbonyl (C=O) groups is 1. The summed E-state index contributed by atoms with van der Waals surface area (Å²) in [5.74, 6) is 0.344. The number of hydrogen-bond donors (Lipinski definition) is 2. The number of aryl methyl sites for hydroxylation is 1. The number of Topliss-reactive ketones (excluding diaryl/α,β-unsaturated/α-hetero) is 1. The Labute approximate surface area is 135 Å². The van der Waals surface area contributed by atoms with Crippen LogP contribution in [0.3, 0.4) is 0 Å². The van der Waals surface area contributed by atoms with E-state index in [1.54, 1.807) is 18.2 Å². The van der Waals surface area contributed by atoms with Gasteiger partial charge >= 0.3 is 7.12 Å². The summed E-state index contributed by atoms with van der Waals surface area (Å²) in [5, 5.41) is 10.2. The van der Waals surface area contributed by atoms with Crippen LogP contribution in [-0.4, -0.2) is 22.9 Å². The van der Waals surface area contributed by atoms with Crippen LogP contribution in [0.15, 0.2) is 36.4 Å². The molecule has 0 bridgehead atoms. The maximum absolute atomic E-state index is 12.4. The molecule has 1 aliphatic heterocycles. The third kappa shape index (κ3) is 3.28. The summed E-state index contributed by atoms with van der Waals surface area (Å²) in [4.78, 5) is 16.7. The molecule has 0 fully saturated rings. The van der Waals surface area contributed by atoms with Crippen LogP contribution >= 0.6 is 0 Å². The Kier molecular flexibility index (Phi) is 4.45. The number of pyridine rings is 1. The van der Waals surface area contributed by atoms with Gasteiger partial charge in [0.25, 0.3) is 0 Å². The Morgan fingerprint density at radius 2 is 2.17 bits per heavy atom. The number of ketones is 1. The average Bonchev–Trinajstić information content (AvgIpc) is 2.56. The Morgan fingerprint density at radius 1 is 1.39 bits per heavy atom. The lowest BCUT2D eigenvalue weighted by Crippen LogP contribution is -2.35. The molecule has 3 N–H and O–H groups in total. The Balaban J connectivity index is 1.76. The molecule has 0 amide bonds. The number of fused-ring (bicyclic) bond motifs is 1. The fourth-order valence-corrected chi connectivity index (χ4v) is 2.91. The van der Waals surface area contributed by atoms with E-state index in [-0.39, 0.29) is 18.0 Å². The van der Waals surface area contributed by atoms with Crippen LogP contribution in [0.4, 0.5) is 0 Å². The van der Waals surface area contributed by atoms with Crippen molar-refractivity contribution in [2.24, 2.45) is 5.73 Å². The van der Waals surface area contributed by atoms with Gasteiger partial charge < -0.3 is 15.4 Å². The SMILES string of the molecule is Cc1cccc2c1OB(O)C(CC(=O)c1cccc(CN)n1)C2. The van der Waals surface area contributed by atoms with Crippen LogP contribution in [0.25, 0.3) is 0 Å². The first kappa shape index (κ1) is 15.7. The van der Waals surface area contributed by atoms with E-state index in [2.05, 4.69) is 4.98 Å². The lowest BCUT2D eigenvalue weighted by Gasteiger charge is -2.28. The van der Waals surface area contributed by atoms with Gasteiger partial charge in [-0.3, -0.25) is 4.79 Å². The molecule has 118 valence electrons. The smallest absolute Gasteiger partial charge is 0.526 e. The van der Waals surface area contributed by atoms with E-state index >= 15 is 0 Å². The second kappa shape index (κ2) is 6.52. The van der Waals surface area contributed by atoms with Gasteiger partial charge in [0.05, 0.1) is 5.69 Å². The second-order valence-electron chi connectivity index (χ2n) is 5.88. The highest BCUT2D eigenvalue weighted by Crippen LogP contribution is 2.36. The van der Waals surface area contributed by atoms with E-state index in [4.69, 9.17) is 10.4 Å². The molecule has 3 rings (SSSR count). The van der Waals surface area contributed by atoms with Gasteiger partial charge in [0, 0.05) is 18.8 Å². The predicted molar refractivity (Wildman–Crippen MR) is 88.3 cm³/mol. The molecule has 0 radical (unpaired) electrons. The Bertz CT molecular complexity index is 736. The summed E-state index contributed by atoms with van der Waals surface area (Å²) >= 11 is 0. The van der Waals surface area contributed by atoms with Crippen molar-refractivity contribution >= 4 is 12.9 Å². The number of rotatable bonds is 4. The third-order valence-corrected chi connectivity index (χ3v) is 4.17. The third-order valence-electron chi connectivity index (χ3n) is 4.17. The quantitative estimate of drug-likeness (QED) is 0.665. The molecule has 0 spiro atoms. The number of para-hydroxylation sites is 1. The molecule has 2 heterocycles. The highest BCUT2D eigenvalue weighted by atomic mass is 16.5. The summed E-state index contributed by atoms with van der Waals surface area (Å²) in [6.07, 6.45) is 0.802. The van der Waals surface area contributed by atoms with E-state index in [0.29, 0.717) is 24.4 Å². The summed E-state index contributed by atoms with van der Waals surface area (Å²) in [7, 11) is -0.981. The number of nitrogens with zero attached hydrogens (tertiary/aromatic N) is 1. The minimum absolute atomic E-state index is 0.107. The normalized spacial score (nSPS) is 16.7. The van der Waals surface area contributed by atoms with Gasteiger partial charge in [-0.05, 0) is 36.6 Å². The number of carbonyl (C=O) groups excluding carboxylic acids is 1. The Hall–Kier alpha value is -2.18. The minimum Gasteiger partial charge on any atom is -0.536 e. The van der Waals surface area contributed by atoms with Crippen LogP contribution in [0, 0.1) is 6.92 Å². The van der Waals surface area contributed by atoms with Gasteiger partial charge in [0.2, 0.25) is 0 Å². The first-order valence-corrected chi connectivity index (χ1v) is 7.71. The van der Waals surface area contributed by atoms with Crippen molar-refractivity contribution in [2.45, 2.75) is 32.1 Å². The monoisotopic (exact) mass is 310 g/mol. The molecule has 1 aromatic heterocycles. The summed E-state index contributed by atoms with van der Waals surface area (Å²) < 4.78 is 5.62. The van der Waals surface area contributed by atoms with Gasteiger partial charge in [0.1, 0.15) is 11.4 Å². The van der Waals surface area contributed by atoms with Gasteiger partial charge in [-0.25, -0.2) is 4.98 Å². The average molecular weight is 310 g/mol. The van der Waals surface area contributed by atoms with Crippen molar-refractivity contribution in [3.8, 4) is 5.75 Å². The zero-order valence-corrected chi connectivity index (χ0v) is 13.0. The number of nitrogens with two attached hydrogens (primary N) is 1. The zero-order chi connectivity index (χ0) is 16.4. The topological polar surface area (TPSA) is 85.4 Å². The number of aromatic nitrogens is 1. The summed E-state index contributed by atoms with van der Waals surface area (Å²) in [6, 6.07) is 11.1. The minimum atomic E-state index is -0.981. The molecule has 1 aliphatic rings. The van der Waals surface area contributed by atoms with Crippen LogP contribution < -0.4 is 10.4 Å². The first-order chi connectivity index (χ1) is 11.1. The van der Waals surface area contributed by atoms with E-state index in [9.17, 15) is 9.82 Å². The molecule has 6 heteroatoms. The van der Waals surface area contributed by atoms with E-state index in [1.807, 2.05) is 25.1 Å². The highest BCUT2D eigenvalue weighted by Gasteiger charge is 2.36. The molecule has 0 aliphatic carbocycles. The van der Waals surface area contributed by atoms with Crippen molar-refractivity contribution < 1.29 is 14.5 Å². The van der Waals surface area contributed by atoms with Crippen LogP contribution in [0.5, 0.6) is 5.75 Å². The van der Waals surface area contributed by atoms with Gasteiger partial charge in [-0.2, -0.15) is 0 Å². The lowest BCUT2D eigenvalue weighted by molar-refractivity contribution is 0.0970. The number of benzene rings is 1. The van der Waals surface area contributed by atoms with Crippen molar-refractivity contribution in [3.05, 3.63) is 58.9 Å². The zero-order valence-electron chi connectivity index (χ0n) is 13.0. The summed E-state index contributed by atoms with van der Waals surface area (Å²) in [6.45, 7) is 2.24. The molecule has 0 saturated carbocycles. The molecular weight excluding hydrogens is 291 g/mol. The van der Waals surface area contributed by atoms with Crippen molar-refractivity contribution in [3.63, 3.8) is 0 Å². The second-order valence-corrected chi connectivity index (χ2v) is 5.88. The van der Waals surface area contributed by atoms with Gasteiger partial charge in [0.15, 0.2) is 5.78 Å². The van der Waals surface area contributed by atoms with E-state index in [0.717, 1.165) is 16.9 Å². The molecule has 5 nitrogen and oxygen atoms in total. The maximum atomic E-state index is 12.4. The van der Waals surface area contributed by atoms with Crippen molar-refractivity contribution in [2.75, 3.05) is 0 Å². The first-order valence-electron chi connectivity index (χ1n) is 7.71. The van der Waals surface area contributed by atoms with Crippen LogP contribution in [0.2, 0.25) is 5.82 Å². The number of hydrogen-bond acceptors (Lipinski definition) is 5. The van der Waals surface area contributed by atoms with E-state index < -0.39 is 7.12 Å². The van der Waals surface area contributed by atoms with Crippen molar-refractivity contribution in [1.29, 1.82) is 0 Å². The van der Waals surface area contributed by atoms with E-state index in [1.165, 1.54) is 0 Å². The van der Waals surface area contributed by atoms with Gasteiger partial charge in [-0.1, -0.05) is 24.3 Å². The molecule has 2 aromatic rings. The molecule has 0 saturated heterocycles. The fraction of sp³-hybridized carbons (Fsp3) is 0.294. The molecule has 1 atom stereocenters. The molecule has 1 unspecified atom stereocenters. The van der Waals surface area contributed by atoms with Crippen molar-refractivity contribution in [1.82, 2.24) is 4.98 Å². The van der Waals surface area contributed by atoms with Gasteiger partial charge in [-0.15, -0.1) is 0 Å². The fourth-order valence-electron chi connectivity index (χ4n) is 2.91. The molecule has 23 heavy (non-hydrogen) atoms.